The van der Waals surface area contributed by atoms with Crippen molar-refractivity contribution in [2.24, 2.45) is 0 Å². The number of nitrogens with two attached hydrogens (primary N) is 1. The summed E-state index contributed by atoms with van der Waals surface area (Å²) in [6, 6.07) is 6.65. The maximum absolute atomic E-state index is 5.75. The molecule has 0 saturated carbocycles. The molecule has 3 N–H and O–H groups in total. The van der Waals surface area contributed by atoms with E-state index in [1.54, 1.807) is 0 Å². The third-order valence-corrected chi connectivity index (χ3v) is 2.95. The van der Waals surface area contributed by atoms with Gasteiger partial charge in [0.15, 0.2) is 0 Å². The molecule has 0 fully saturated rings. The third kappa shape index (κ3) is 1.98. The summed E-state index contributed by atoms with van der Waals surface area (Å²) in [6.07, 6.45) is 7.57. The monoisotopic (exact) mass is 200 g/mol. The van der Waals surface area contributed by atoms with E-state index in [9.17, 15) is 0 Å². The molecule has 0 radical (unpaired) electrons. The Hall–Kier alpha value is -1.46. The highest BCUT2D eigenvalue weighted by Gasteiger charge is 2.22. The number of aryl methyl sites for hydroxylation is 1. The second-order valence-electron chi connectivity index (χ2n) is 4.10. The average Bonchev–Trinajstić information content (AvgIpc) is 2.60. The Kier molecular flexibility index (Phi) is 2.66. The topological polar surface area (TPSA) is 38.0 Å². The smallest absolute Gasteiger partial charge is 0.0663 e. The van der Waals surface area contributed by atoms with Gasteiger partial charge in [-0.25, -0.2) is 0 Å². The van der Waals surface area contributed by atoms with E-state index in [-0.39, 0.29) is 6.04 Å². The summed E-state index contributed by atoms with van der Waals surface area (Å²) in [5.41, 5.74) is 9.31. The maximum atomic E-state index is 5.75. The molecule has 2 rings (SSSR count). The van der Waals surface area contributed by atoms with E-state index >= 15 is 0 Å². The zero-order valence-corrected chi connectivity index (χ0v) is 8.96. The minimum atomic E-state index is 0.124. The number of nitrogen functional groups attached to an aromatic ring is 1. The number of hydrogen-bond donors (Lipinski definition) is 2. The number of anilines is 1. The number of terminal acetylenes is 1. The van der Waals surface area contributed by atoms with Gasteiger partial charge in [-0.2, -0.15) is 0 Å². The minimum absolute atomic E-state index is 0.124. The molecule has 0 aliphatic heterocycles. The number of rotatable bonds is 2. The Morgan fingerprint density at radius 2 is 2.40 bits per heavy atom. The van der Waals surface area contributed by atoms with Crippen molar-refractivity contribution in [1.82, 2.24) is 5.32 Å². The van der Waals surface area contributed by atoms with Crippen molar-refractivity contribution in [2.45, 2.75) is 31.8 Å². The Balaban J connectivity index is 2.19. The lowest BCUT2D eigenvalue weighted by Gasteiger charge is -2.16. The molecule has 15 heavy (non-hydrogen) atoms. The average molecular weight is 200 g/mol. The third-order valence-electron chi connectivity index (χ3n) is 2.95. The van der Waals surface area contributed by atoms with Gasteiger partial charge >= 0.3 is 0 Å². The molecule has 0 amide bonds. The molecule has 0 spiro atoms. The highest BCUT2D eigenvalue weighted by atomic mass is 14.9. The Bertz CT molecular complexity index is 403. The van der Waals surface area contributed by atoms with E-state index in [0.717, 1.165) is 18.5 Å². The van der Waals surface area contributed by atoms with Crippen LogP contribution in [0, 0.1) is 12.3 Å². The van der Waals surface area contributed by atoms with Crippen molar-refractivity contribution in [3.8, 4) is 12.3 Å². The van der Waals surface area contributed by atoms with Crippen LogP contribution in [0.3, 0.4) is 0 Å². The highest BCUT2D eigenvalue weighted by Crippen LogP contribution is 2.32. The standard InChI is InChI=1S/C13H16N2/c1-3-9(2)15-13-7-4-10-8-11(14)5-6-12(10)13/h1,5-6,8-9,13,15H,4,7,14H2,2H3. The second kappa shape index (κ2) is 3.96. The van der Waals surface area contributed by atoms with Gasteiger partial charge in [-0.1, -0.05) is 12.0 Å². The van der Waals surface area contributed by atoms with E-state index in [1.807, 2.05) is 13.0 Å². The molecule has 78 valence electrons. The SMILES string of the molecule is C#CC(C)NC1CCc2cc(N)ccc21. The van der Waals surface area contributed by atoms with Gasteiger partial charge in [-0.3, -0.25) is 5.32 Å². The van der Waals surface area contributed by atoms with E-state index in [2.05, 4.69) is 23.4 Å². The van der Waals surface area contributed by atoms with Gasteiger partial charge < -0.3 is 5.73 Å². The molecule has 0 bridgehead atoms. The first-order chi connectivity index (χ1) is 7.20. The quantitative estimate of drug-likeness (QED) is 0.565. The summed E-state index contributed by atoms with van der Waals surface area (Å²) in [4.78, 5) is 0. The highest BCUT2D eigenvalue weighted by molar-refractivity contribution is 5.47. The molecular weight excluding hydrogens is 184 g/mol. The first kappa shape index (κ1) is 10.1. The summed E-state index contributed by atoms with van der Waals surface area (Å²) >= 11 is 0. The number of benzene rings is 1. The lowest BCUT2D eigenvalue weighted by atomic mass is 10.1. The van der Waals surface area contributed by atoms with Crippen molar-refractivity contribution in [2.75, 3.05) is 5.73 Å². The van der Waals surface area contributed by atoms with Crippen molar-refractivity contribution in [3.63, 3.8) is 0 Å². The Labute approximate surface area is 90.9 Å². The van der Waals surface area contributed by atoms with Crippen molar-refractivity contribution in [1.29, 1.82) is 0 Å². The molecule has 1 aliphatic carbocycles. The largest absolute Gasteiger partial charge is 0.399 e. The molecule has 2 unspecified atom stereocenters. The fourth-order valence-corrected chi connectivity index (χ4v) is 2.16. The molecule has 0 heterocycles. The number of nitrogens with one attached hydrogen (secondary N) is 1. The van der Waals surface area contributed by atoms with Crippen molar-refractivity contribution >= 4 is 5.69 Å². The normalized spacial score (nSPS) is 20.7. The van der Waals surface area contributed by atoms with Crippen molar-refractivity contribution < 1.29 is 0 Å². The fraction of sp³-hybridized carbons (Fsp3) is 0.385. The van der Waals surface area contributed by atoms with Crippen LogP contribution >= 0.6 is 0 Å². The van der Waals surface area contributed by atoms with Gasteiger partial charge in [-0.15, -0.1) is 6.42 Å². The molecule has 0 aromatic heterocycles. The summed E-state index contributed by atoms with van der Waals surface area (Å²) in [5, 5.41) is 3.43. The van der Waals surface area contributed by atoms with Crippen LogP contribution in [0.4, 0.5) is 5.69 Å². The minimum Gasteiger partial charge on any atom is -0.399 e. The van der Waals surface area contributed by atoms with Crippen LogP contribution in [0.2, 0.25) is 0 Å². The van der Waals surface area contributed by atoms with Crippen LogP contribution in [0.1, 0.15) is 30.5 Å². The molecule has 2 heteroatoms. The number of fused-ring (bicyclic) bond motifs is 1. The van der Waals surface area contributed by atoms with E-state index in [4.69, 9.17) is 12.2 Å². The van der Waals surface area contributed by atoms with Gasteiger partial charge in [0.25, 0.3) is 0 Å². The zero-order valence-electron chi connectivity index (χ0n) is 8.96. The van der Waals surface area contributed by atoms with Crippen LogP contribution in [0.5, 0.6) is 0 Å². The molecule has 1 aliphatic rings. The lowest BCUT2D eigenvalue weighted by Crippen LogP contribution is -2.27. The van der Waals surface area contributed by atoms with E-state index < -0.39 is 0 Å². The molecule has 1 aromatic carbocycles. The van der Waals surface area contributed by atoms with Crippen LogP contribution in [-0.4, -0.2) is 6.04 Å². The second-order valence-corrected chi connectivity index (χ2v) is 4.10. The van der Waals surface area contributed by atoms with Gasteiger partial charge in [0.1, 0.15) is 0 Å². The lowest BCUT2D eigenvalue weighted by molar-refractivity contribution is 0.508. The summed E-state index contributed by atoms with van der Waals surface area (Å²) < 4.78 is 0. The predicted molar refractivity (Wildman–Crippen MR) is 63.3 cm³/mol. The molecular formula is C13H16N2. The summed E-state index contributed by atoms with van der Waals surface area (Å²) in [5.74, 6) is 2.70. The molecule has 2 nitrogen and oxygen atoms in total. The van der Waals surface area contributed by atoms with Gasteiger partial charge in [-0.05, 0) is 43.0 Å². The van der Waals surface area contributed by atoms with Crippen LogP contribution < -0.4 is 11.1 Å². The summed E-state index contributed by atoms with van der Waals surface area (Å²) in [7, 11) is 0. The first-order valence-electron chi connectivity index (χ1n) is 5.31. The van der Waals surface area contributed by atoms with Gasteiger partial charge in [0.2, 0.25) is 0 Å². The maximum Gasteiger partial charge on any atom is 0.0663 e. The molecule has 2 atom stereocenters. The summed E-state index contributed by atoms with van der Waals surface area (Å²) in [6.45, 7) is 2.01. The fourth-order valence-electron chi connectivity index (χ4n) is 2.16. The van der Waals surface area contributed by atoms with Crippen molar-refractivity contribution in [3.05, 3.63) is 29.3 Å². The predicted octanol–water partition coefficient (Wildman–Crippen LogP) is 1.87. The number of hydrogen-bond acceptors (Lipinski definition) is 2. The van der Waals surface area contributed by atoms with E-state index in [0.29, 0.717) is 6.04 Å². The Morgan fingerprint density at radius 1 is 1.60 bits per heavy atom. The van der Waals surface area contributed by atoms with Gasteiger partial charge in [0, 0.05) is 11.7 Å². The first-order valence-corrected chi connectivity index (χ1v) is 5.31. The van der Waals surface area contributed by atoms with E-state index in [1.165, 1.54) is 11.1 Å². The molecule has 0 saturated heterocycles. The van der Waals surface area contributed by atoms with Crippen LogP contribution in [-0.2, 0) is 6.42 Å². The Morgan fingerprint density at radius 3 is 3.13 bits per heavy atom. The zero-order chi connectivity index (χ0) is 10.8. The van der Waals surface area contributed by atoms with Crippen LogP contribution in [0.25, 0.3) is 0 Å². The molecule has 1 aromatic rings. The van der Waals surface area contributed by atoms with Crippen LogP contribution in [0.15, 0.2) is 18.2 Å². The van der Waals surface area contributed by atoms with Gasteiger partial charge in [0.05, 0.1) is 6.04 Å².